The lowest BCUT2D eigenvalue weighted by Crippen LogP contribution is -2.14. The Morgan fingerprint density at radius 3 is 2.25 bits per heavy atom. The van der Waals surface area contributed by atoms with Gasteiger partial charge in [0.15, 0.2) is 0 Å². The lowest BCUT2D eigenvalue weighted by atomic mass is 10.1. The first-order valence-corrected chi connectivity index (χ1v) is 8.19. The van der Waals surface area contributed by atoms with Crippen molar-refractivity contribution in [3.8, 4) is 0 Å². The molecule has 0 bridgehead atoms. The Labute approximate surface area is 124 Å². The van der Waals surface area contributed by atoms with Crippen LogP contribution in [-0.2, 0) is 6.54 Å². The molecule has 20 heavy (non-hydrogen) atoms. The largest absolute Gasteiger partial charge is 0.313 e. The van der Waals surface area contributed by atoms with E-state index in [0.717, 1.165) is 18.7 Å². The minimum Gasteiger partial charge on any atom is -0.313 e. The molecule has 0 aliphatic carbocycles. The summed E-state index contributed by atoms with van der Waals surface area (Å²) in [5.41, 5.74) is 1.90. The van der Waals surface area contributed by atoms with E-state index < -0.39 is 0 Å². The van der Waals surface area contributed by atoms with Crippen LogP contribution in [0.4, 0.5) is 4.39 Å². The fraction of sp³-hybridized carbons (Fsp3) is 0.667. The zero-order chi connectivity index (χ0) is 14.6. The molecule has 1 nitrogen and oxygen atoms in total. The molecule has 0 spiro atoms. The molecule has 1 rings (SSSR count). The van der Waals surface area contributed by atoms with Crippen LogP contribution in [0.1, 0.15) is 69.4 Å². The van der Waals surface area contributed by atoms with Gasteiger partial charge in [0.05, 0.1) is 0 Å². The Kier molecular flexibility index (Phi) is 9.31. The lowest BCUT2D eigenvalue weighted by Gasteiger charge is -2.06. The molecule has 2 heteroatoms. The Bertz CT molecular complexity index is 362. The summed E-state index contributed by atoms with van der Waals surface area (Å²) in [6.45, 7) is 5.98. The van der Waals surface area contributed by atoms with Crippen LogP contribution in [-0.4, -0.2) is 6.54 Å². The predicted octanol–water partition coefficient (Wildman–Crippen LogP) is 5.36. The second kappa shape index (κ2) is 10.8. The molecule has 1 aromatic carbocycles. The molecular weight excluding hydrogens is 249 g/mol. The first-order valence-electron chi connectivity index (χ1n) is 8.19. The Balaban J connectivity index is 1.95. The summed E-state index contributed by atoms with van der Waals surface area (Å²) in [5.74, 6) is -0.114. The van der Waals surface area contributed by atoms with Gasteiger partial charge in [-0.1, -0.05) is 64.0 Å². The van der Waals surface area contributed by atoms with Gasteiger partial charge < -0.3 is 5.32 Å². The number of halogens is 1. The summed E-state index contributed by atoms with van der Waals surface area (Å²) in [7, 11) is 0. The zero-order valence-corrected chi connectivity index (χ0v) is 13.2. The van der Waals surface area contributed by atoms with Gasteiger partial charge in [0.1, 0.15) is 5.82 Å². The Hall–Kier alpha value is -0.890. The molecular formula is C18H30FN. The first-order chi connectivity index (χ1) is 9.74. The molecule has 0 aliphatic heterocycles. The molecule has 0 aromatic heterocycles. The third-order valence-electron chi connectivity index (χ3n) is 3.76. The van der Waals surface area contributed by atoms with Crippen molar-refractivity contribution in [3.05, 3.63) is 35.1 Å². The maximum atomic E-state index is 13.1. The molecule has 0 heterocycles. The van der Waals surface area contributed by atoms with E-state index in [0.29, 0.717) is 0 Å². The molecule has 114 valence electrons. The van der Waals surface area contributed by atoms with Crippen LogP contribution in [0, 0.1) is 12.7 Å². The van der Waals surface area contributed by atoms with E-state index in [-0.39, 0.29) is 5.82 Å². The molecule has 0 unspecified atom stereocenters. The number of aryl methyl sites for hydroxylation is 1. The summed E-state index contributed by atoms with van der Waals surface area (Å²) in [4.78, 5) is 0. The molecule has 1 N–H and O–H groups in total. The minimum absolute atomic E-state index is 0.114. The van der Waals surface area contributed by atoms with E-state index in [2.05, 4.69) is 12.2 Å². The quantitative estimate of drug-likeness (QED) is 0.537. The van der Waals surface area contributed by atoms with Crippen molar-refractivity contribution in [1.82, 2.24) is 5.32 Å². The highest BCUT2D eigenvalue weighted by Gasteiger charge is 1.98. The van der Waals surface area contributed by atoms with Gasteiger partial charge >= 0.3 is 0 Å². The van der Waals surface area contributed by atoms with Crippen molar-refractivity contribution in [2.75, 3.05) is 6.54 Å². The van der Waals surface area contributed by atoms with E-state index in [4.69, 9.17) is 0 Å². The molecule has 0 aliphatic rings. The summed E-state index contributed by atoms with van der Waals surface area (Å²) < 4.78 is 13.1. The van der Waals surface area contributed by atoms with E-state index in [1.807, 2.05) is 19.1 Å². The third-order valence-corrected chi connectivity index (χ3v) is 3.76. The minimum atomic E-state index is -0.114. The monoisotopic (exact) mass is 279 g/mol. The highest BCUT2D eigenvalue weighted by molar-refractivity contribution is 5.23. The van der Waals surface area contributed by atoms with Crippen molar-refractivity contribution in [3.63, 3.8) is 0 Å². The van der Waals surface area contributed by atoms with Gasteiger partial charge in [-0.3, -0.25) is 0 Å². The van der Waals surface area contributed by atoms with Gasteiger partial charge in [0.2, 0.25) is 0 Å². The third kappa shape index (κ3) is 7.64. The van der Waals surface area contributed by atoms with Crippen molar-refractivity contribution in [1.29, 1.82) is 0 Å². The zero-order valence-electron chi connectivity index (χ0n) is 13.2. The SMILES string of the molecule is CCCCCCCCCCNCc1ccc(F)c(C)c1. The number of nitrogens with one attached hydrogen (secondary N) is 1. The van der Waals surface area contributed by atoms with E-state index >= 15 is 0 Å². The van der Waals surface area contributed by atoms with Crippen LogP contribution in [0.15, 0.2) is 18.2 Å². The topological polar surface area (TPSA) is 12.0 Å². The summed E-state index contributed by atoms with van der Waals surface area (Å²) in [5, 5.41) is 3.44. The lowest BCUT2D eigenvalue weighted by molar-refractivity contribution is 0.554. The van der Waals surface area contributed by atoms with Gasteiger partial charge in [-0.25, -0.2) is 4.39 Å². The van der Waals surface area contributed by atoms with Crippen molar-refractivity contribution in [2.24, 2.45) is 0 Å². The van der Waals surface area contributed by atoms with Crippen LogP contribution in [0.3, 0.4) is 0 Å². The van der Waals surface area contributed by atoms with Gasteiger partial charge in [0, 0.05) is 6.54 Å². The Morgan fingerprint density at radius 2 is 1.60 bits per heavy atom. The smallest absolute Gasteiger partial charge is 0.126 e. The van der Waals surface area contributed by atoms with E-state index in [1.54, 1.807) is 6.07 Å². The fourth-order valence-corrected chi connectivity index (χ4v) is 2.43. The molecule has 0 saturated heterocycles. The number of unbranched alkanes of at least 4 members (excludes halogenated alkanes) is 7. The second-order valence-electron chi connectivity index (χ2n) is 5.74. The standard InChI is InChI=1S/C18H30FN/c1-3-4-5-6-7-8-9-10-13-20-15-17-11-12-18(19)16(2)14-17/h11-12,14,20H,3-10,13,15H2,1-2H3. The van der Waals surface area contributed by atoms with E-state index in [1.165, 1.54) is 56.9 Å². The summed E-state index contributed by atoms with van der Waals surface area (Å²) in [6.07, 6.45) is 10.8. The van der Waals surface area contributed by atoms with Gasteiger partial charge in [-0.15, -0.1) is 0 Å². The number of rotatable bonds is 11. The van der Waals surface area contributed by atoms with Gasteiger partial charge in [-0.2, -0.15) is 0 Å². The average Bonchev–Trinajstić information content (AvgIpc) is 2.45. The Morgan fingerprint density at radius 1 is 0.950 bits per heavy atom. The van der Waals surface area contributed by atoms with Crippen LogP contribution in [0.2, 0.25) is 0 Å². The average molecular weight is 279 g/mol. The van der Waals surface area contributed by atoms with E-state index in [9.17, 15) is 4.39 Å². The highest BCUT2D eigenvalue weighted by Crippen LogP contribution is 2.10. The fourth-order valence-electron chi connectivity index (χ4n) is 2.43. The highest BCUT2D eigenvalue weighted by atomic mass is 19.1. The molecule has 0 fully saturated rings. The van der Waals surface area contributed by atoms with Crippen molar-refractivity contribution < 1.29 is 4.39 Å². The second-order valence-corrected chi connectivity index (χ2v) is 5.74. The molecule has 0 radical (unpaired) electrons. The maximum absolute atomic E-state index is 13.1. The molecule has 0 atom stereocenters. The van der Waals surface area contributed by atoms with Crippen LogP contribution < -0.4 is 5.32 Å². The maximum Gasteiger partial charge on any atom is 0.126 e. The molecule has 0 amide bonds. The summed E-state index contributed by atoms with van der Waals surface area (Å²) >= 11 is 0. The van der Waals surface area contributed by atoms with Gasteiger partial charge in [0.25, 0.3) is 0 Å². The number of hydrogen-bond acceptors (Lipinski definition) is 1. The molecule has 1 aromatic rings. The van der Waals surface area contributed by atoms with Crippen LogP contribution >= 0.6 is 0 Å². The van der Waals surface area contributed by atoms with Crippen LogP contribution in [0.5, 0.6) is 0 Å². The number of benzene rings is 1. The van der Waals surface area contributed by atoms with Crippen LogP contribution in [0.25, 0.3) is 0 Å². The number of hydrogen-bond donors (Lipinski definition) is 1. The van der Waals surface area contributed by atoms with Crippen molar-refractivity contribution >= 4 is 0 Å². The first kappa shape index (κ1) is 17.2. The normalized spacial score (nSPS) is 10.9. The van der Waals surface area contributed by atoms with Gasteiger partial charge in [-0.05, 0) is 37.1 Å². The predicted molar refractivity (Wildman–Crippen MR) is 85.5 cm³/mol. The summed E-state index contributed by atoms with van der Waals surface area (Å²) in [6, 6.07) is 5.35. The van der Waals surface area contributed by atoms with Crippen molar-refractivity contribution in [2.45, 2.75) is 71.8 Å². The molecule has 0 saturated carbocycles.